The van der Waals surface area contributed by atoms with Crippen LogP contribution in [0.25, 0.3) is 0 Å². The molecule has 2 aliphatic heterocycles. The van der Waals surface area contributed by atoms with Crippen molar-refractivity contribution in [1.29, 1.82) is 0 Å². The Hall–Kier alpha value is -0.910. The molecule has 5 heteroatoms. The summed E-state index contributed by atoms with van der Waals surface area (Å²) in [5, 5.41) is 0. The predicted molar refractivity (Wildman–Crippen MR) is 77.9 cm³/mol. The lowest BCUT2D eigenvalue weighted by Gasteiger charge is -2.35. The van der Waals surface area contributed by atoms with E-state index in [0.717, 1.165) is 12.8 Å². The molecule has 1 aromatic carbocycles. The summed E-state index contributed by atoms with van der Waals surface area (Å²) in [5.74, 6) is 0. The number of likely N-dealkylation sites (tertiary alicyclic amines) is 1. The van der Waals surface area contributed by atoms with Gasteiger partial charge in [-0.2, -0.15) is 4.31 Å². The topological polar surface area (TPSA) is 40.6 Å². The molecule has 0 bridgehead atoms. The molecule has 0 aliphatic carbocycles. The second-order valence-corrected chi connectivity index (χ2v) is 7.51. The smallest absolute Gasteiger partial charge is 0.243 e. The second kappa shape index (κ2) is 5.84. The fourth-order valence-corrected chi connectivity index (χ4v) is 4.67. The molecule has 2 aliphatic rings. The zero-order valence-corrected chi connectivity index (χ0v) is 12.5. The Balaban J connectivity index is 1.65. The first-order chi connectivity index (χ1) is 9.68. The van der Waals surface area contributed by atoms with E-state index in [2.05, 4.69) is 11.0 Å². The van der Waals surface area contributed by atoms with Crippen LogP contribution < -0.4 is 0 Å². The Kier molecular flexibility index (Phi) is 4.10. The van der Waals surface area contributed by atoms with Gasteiger partial charge in [0.15, 0.2) is 0 Å². The molecule has 4 nitrogen and oxygen atoms in total. The largest absolute Gasteiger partial charge is 0.300 e. The molecular formula is C15H21N2O2S. The van der Waals surface area contributed by atoms with Crippen LogP contribution in [0.1, 0.15) is 25.7 Å². The summed E-state index contributed by atoms with van der Waals surface area (Å²) in [4.78, 5) is 2.82. The Labute approximate surface area is 121 Å². The van der Waals surface area contributed by atoms with Crippen LogP contribution >= 0.6 is 0 Å². The highest BCUT2D eigenvalue weighted by Gasteiger charge is 2.32. The average Bonchev–Trinajstić information content (AvgIpc) is 3.02. The maximum atomic E-state index is 12.5. The minimum atomic E-state index is -3.35. The first-order valence-electron chi connectivity index (χ1n) is 7.39. The van der Waals surface area contributed by atoms with E-state index in [4.69, 9.17) is 0 Å². The third-order valence-corrected chi connectivity index (χ3v) is 6.23. The van der Waals surface area contributed by atoms with Gasteiger partial charge in [0.1, 0.15) is 0 Å². The number of sulfonamides is 1. The van der Waals surface area contributed by atoms with E-state index in [9.17, 15) is 8.42 Å². The van der Waals surface area contributed by atoms with E-state index in [-0.39, 0.29) is 0 Å². The molecule has 0 atom stereocenters. The lowest BCUT2D eigenvalue weighted by atomic mass is 10.1. The Morgan fingerprint density at radius 1 is 1.05 bits per heavy atom. The fourth-order valence-electron chi connectivity index (χ4n) is 3.23. The summed E-state index contributed by atoms with van der Waals surface area (Å²) in [6, 6.07) is 10.2. The van der Waals surface area contributed by atoms with Gasteiger partial charge in [-0.3, -0.25) is 0 Å². The highest BCUT2D eigenvalue weighted by molar-refractivity contribution is 7.89. The molecule has 0 spiro atoms. The molecule has 0 unspecified atom stereocenters. The van der Waals surface area contributed by atoms with E-state index in [0.29, 0.717) is 24.0 Å². The normalized spacial score (nSPS) is 23.2. The molecule has 0 aromatic heterocycles. The van der Waals surface area contributed by atoms with E-state index in [1.807, 2.05) is 0 Å². The second-order valence-electron chi connectivity index (χ2n) is 5.61. The highest BCUT2D eigenvalue weighted by atomic mass is 32.2. The van der Waals surface area contributed by atoms with Crippen molar-refractivity contribution < 1.29 is 8.42 Å². The van der Waals surface area contributed by atoms with Crippen LogP contribution in [-0.4, -0.2) is 49.8 Å². The molecule has 0 amide bonds. The van der Waals surface area contributed by atoms with Gasteiger partial charge in [0.2, 0.25) is 10.0 Å². The number of hydrogen-bond acceptors (Lipinski definition) is 3. The molecule has 1 radical (unpaired) electrons. The van der Waals surface area contributed by atoms with Crippen molar-refractivity contribution in [2.75, 3.05) is 26.2 Å². The van der Waals surface area contributed by atoms with E-state index < -0.39 is 10.0 Å². The molecule has 1 aromatic rings. The van der Waals surface area contributed by atoms with Crippen LogP contribution in [0, 0.1) is 6.07 Å². The van der Waals surface area contributed by atoms with E-state index in [1.165, 1.54) is 25.9 Å². The van der Waals surface area contributed by atoms with Gasteiger partial charge in [-0.05, 0) is 44.8 Å². The van der Waals surface area contributed by atoms with Crippen LogP contribution in [-0.2, 0) is 10.0 Å². The van der Waals surface area contributed by atoms with Gasteiger partial charge in [0.25, 0.3) is 0 Å². The Morgan fingerprint density at radius 3 is 2.35 bits per heavy atom. The number of rotatable bonds is 3. The minimum absolute atomic E-state index is 0.291. The zero-order valence-electron chi connectivity index (χ0n) is 11.7. The van der Waals surface area contributed by atoms with Crippen molar-refractivity contribution in [3.8, 4) is 0 Å². The summed E-state index contributed by atoms with van der Waals surface area (Å²) in [6.45, 7) is 3.63. The summed E-state index contributed by atoms with van der Waals surface area (Å²) in [6.07, 6.45) is 4.48. The van der Waals surface area contributed by atoms with Gasteiger partial charge in [0, 0.05) is 25.2 Å². The van der Waals surface area contributed by atoms with Crippen molar-refractivity contribution in [3.05, 3.63) is 30.3 Å². The Morgan fingerprint density at radius 2 is 1.75 bits per heavy atom. The molecule has 3 rings (SSSR count). The zero-order chi connectivity index (χ0) is 14.0. The summed E-state index contributed by atoms with van der Waals surface area (Å²) < 4.78 is 26.6. The minimum Gasteiger partial charge on any atom is -0.300 e. The van der Waals surface area contributed by atoms with Crippen LogP contribution in [0.5, 0.6) is 0 Å². The van der Waals surface area contributed by atoms with Crippen molar-refractivity contribution in [2.45, 2.75) is 36.6 Å². The van der Waals surface area contributed by atoms with Gasteiger partial charge < -0.3 is 4.90 Å². The molecule has 2 saturated heterocycles. The third kappa shape index (κ3) is 2.75. The van der Waals surface area contributed by atoms with Gasteiger partial charge in [-0.25, -0.2) is 8.42 Å². The Bertz CT molecular complexity index is 530. The lowest BCUT2D eigenvalue weighted by molar-refractivity contribution is 0.168. The molecule has 20 heavy (non-hydrogen) atoms. The standard InChI is InChI=1S/C15H21N2O2S/c18-20(19,15-6-2-1-3-7-15)17-12-8-14(9-13-17)16-10-4-5-11-16/h1-3,6,14H,4-5,8-13H2. The monoisotopic (exact) mass is 293 g/mol. The SMILES string of the molecule is O=S(=O)(c1[c]cccc1)N1CCC(N2CCCC2)CC1. The summed E-state index contributed by atoms with van der Waals surface area (Å²) >= 11 is 0. The van der Waals surface area contributed by atoms with Crippen LogP contribution in [0.2, 0.25) is 0 Å². The number of nitrogens with zero attached hydrogens (tertiary/aromatic N) is 2. The fraction of sp³-hybridized carbons (Fsp3) is 0.600. The van der Waals surface area contributed by atoms with Gasteiger partial charge >= 0.3 is 0 Å². The highest BCUT2D eigenvalue weighted by Crippen LogP contribution is 2.24. The predicted octanol–water partition coefficient (Wildman–Crippen LogP) is 1.74. The molecule has 2 heterocycles. The van der Waals surface area contributed by atoms with Gasteiger partial charge in [-0.1, -0.05) is 18.2 Å². The van der Waals surface area contributed by atoms with Gasteiger partial charge in [-0.15, -0.1) is 0 Å². The van der Waals surface area contributed by atoms with E-state index in [1.54, 1.807) is 28.6 Å². The number of benzene rings is 1. The number of hydrogen-bond donors (Lipinski definition) is 0. The molecule has 0 saturated carbocycles. The van der Waals surface area contributed by atoms with Gasteiger partial charge in [0.05, 0.1) is 4.90 Å². The molecule has 109 valence electrons. The lowest BCUT2D eigenvalue weighted by Crippen LogP contribution is -2.45. The van der Waals surface area contributed by atoms with Crippen LogP contribution in [0.15, 0.2) is 29.2 Å². The maximum Gasteiger partial charge on any atom is 0.243 e. The first kappa shape index (κ1) is 14.0. The van der Waals surface area contributed by atoms with Crippen molar-refractivity contribution in [1.82, 2.24) is 9.21 Å². The van der Waals surface area contributed by atoms with E-state index >= 15 is 0 Å². The summed E-state index contributed by atoms with van der Waals surface area (Å²) in [7, 11) is -3.35. The average molecular weight is 293 g/mol. The van der Waals surface area contributed by atoms with Crippen LogP contribution in [0.3, 0.4) is 0 Å². The number of piperidine rings is 1. The third-order valence-electron chi connectivity index (χ3n) is 4.38. The van der Waals surface area contributed by atoms with Crippen molar-refractivity contribution in [3.63, 3.8) is 0 Å². The molecule has 0 N–H and O–H groups in total. The molecule has 2 fully saturated rings. The van der Waals surface area contributed by atoms with Crippen LogP contribution in [0.4, 0.5) is 0 Å². The first-order valence-corrected chi connectivity index (χ1v) is 8.83. The summed E-state index contributed by atoms with van der Waals surface area (Å²) in [5.41, 5.74) is 0. The maximum absolute atomic E-state index is 12.5. The van der Waals surface area contributed by atoms with Crippen molar-refractivity contribution >= 4 is 10.0 Å². The quantitative estimate of drug-likeness (QED) is 0.852. The van der Waals surface area contributed by atoms with Crippen molar-refractivity contribution in [2.24, 2.45) is 0 Å². The molecular weight excluding hydrogens is 272 g/mol.